The average molecular weight is 403 g/mol. The highest BCUT2D eigenvalue weighted by Crippen LogP contribution is 2.70. The van der Waals surface area contributed by atoms with Crippen molar-refractivity contribution in [3.8, 4) is 0 Å². The lowest BCUT2D eigenvalue weighted by Crippen LogP contribution is -2.58. The molecule has 4 saturated carbocycles. The van der Waals surface area contributed by atoms with Crippen molar-refractivity contribution in [1.82, 2.24) is 0 Å². The standard InChI is InChI=1S/C25H38O4/c1-5-24(29-17(2)26)13-12-22(3)18(16-24)6-7-19-20(22)8-10-23(4)21(19)9-11-25(23)27-14-15-28-25/h5,18-21H,1,6-16H2,2-4H3/t18-,19-,20+,21-,22-,23-,24-/m0/s1. The van der Waals surface area contributed by atoms with Crippen molar-refractivity contribution in [3.05, 3.63) is 12.7 Å². The summed E-state index contributed by atoms with van der Waals surface area (Å²) in [6, 6.07) is 0. The minimum Gasteiger partial charge on any atom is -0.455 e. The van der Waals surface area contributed by atoms with Crippen LogP contribution in [0.1, 0.15) is 78.6 Å². The van der Waals surface area contributed by atoms with Gasteiger partial charge in [-0.05, 0) is 86.5 Å². The van der Waals surface area contributed by atoms with E-state index in [4.69, 9.17) is 14.2 Å². The fourth-order valence-corrected chi connectivity index (χ4v) is 8.75. The third kappa shape index (κ3) is 2.67. The lowest BCUT2D eigenvalue weighted by molar-refractivity contribution is -0.248. The van der Waals surface area contributed by atoms with Crippen LogP contribution in [0.15, 0.2) is 12.7 Å². The van der Waals surface area contributed by atoms with Crippen molar-refractivity contribution >= 4 is 5.97 Å². The summed E-state index contributed by atoms with van der Waals surface area (Å²) in [5, 5.41) is 0. The van der Waals surface area contributed by atoms with Crippen molar-refractivity contribution < 1.29 is 19.0 Å². The fourth-order valence-electron chi connectivity index (χ4n) is 8.75. The van der Waals surface area contributed by atoms with Crippen LogP contribution in [0, 0.1) is 34.5 Å². The molecule has 0 aromatic heterocycles. The van der Waals surface area contributed by atoms with Crippen LogP contribution >= 0.6 is 0 Å². The first-order valence-corrected chi connectivity index (χ1v) is 11.9. The quantitative estimate of drug-likeness (QED) is 0.467. The number of carbonyl (C=O) groups is 1. The van der Waals surface area contributed by atoms with Gasteiger partial charge in [0.25, 0.3) is 0 Å². The lowest BCUT2D eigenvalue weighted by Gasteiger charge is -2.62. The molecule has 5 rings (SSSR count). The molecule has 4 aliphatic carbocycles. The maximum absolute atomic E-state index is 11.7. The Balaban J connectivity index is 1.39. The van der Waals surface area contributed by atoms with Crippen LogP contribution in [0.25, 0.3) is 0 Å². The molecule has 1 spiro atoms. The first-order valence-electron chi connectivity index (χ1n) is 11.9. The number of rotatable bonds is 2. The molecule has 4 nitrogen and oxygen atoms in total. The Kier molecular flexibility index (Phi) is 4.54. The summed E-state index contributed by atoms with van der Waals surface area (Å²) in [6.07, 6.45) is 12.3. The van der Waals surface area contributed by atoms with Crippen LogP contribution < -0.4 is 0 Å². The van der Waals surface area contributed by atoms with Gasteiger partial charge in [0.05, 0.1) is 13.2 Å². The van der Waals surface area contributed by atoms with E-state index in [0.717, 1.165) is 56.7 Å². The normalized spacial score (nSPS) is 50.4. The zero-order chi connectivity index (χ0) is 20.5. The van der Waals surface area contributed by atoms with Crippen molar-refractivity contribution in [3.63, 3.8) is 0 Å². The van der Waals surface area contributed by atoms with Crippen molar-refractivity contribution in [2.75, 3.05) is 13.2 Å². The SMILES string of the molecule is C=C[C@]1(OC(C)=O)CC[C@@]2(C)[C@@H](CC[C@H]3[C@H]2CC[C@@]2(C)[C@H]3CCC23OCCO3)C1. The fraction of sp³-hybridized carbons (Fsp3) is 0.880. The molecule has 0 N–H and O–H groups in total. The second kappa shape index (κ2) is 6.56. The molecule has 0 radical (unpaired) electrons. The van der Waals surface area contributed by atoms with Crippen LogP contribution in [0.3, 0.4) is 0 Å². The van der Waals surface area contributed by atoms with Crippen LogP contribution in [-0.2, 0) is 19.0 Å². The average Bonchev–Trinajstić information content (AvgIpc) is 3.28. The van der Waals surface area contributed by atoms with Gasteiger partial charge >= 0.3 is 5.97 Å². The molecule has 5 fully saturated rings. The Labute approximate surface area is 175 Å². The molecule has 29 heavy (non-hydrogen) atoms. The molecule has 7 atom stereocenters. The van der Waals surface area contributed by atoms with Gasteiger partial charge in [0.2, 0.25) is 0 Å². The van der Waals surface area contributed by atoms with Crippen LogP contribution in [-0.4, -0.2) is 30.6 Å². The molecule has 0 aromatic carbocycles. The van der Waals surface area contributed by atoms with E-state index in [9.17, 15) is 4.79 Å². The van der Waals surface area contributed by atoms with Gasteiger partial charge in [-0.3, -0.25) is 4.79 Å². The van der Waals surface area contributed by atoms with Crippen LogP contribution in [0.5, 0.6) is 0 Å². The summed E-state index contributed by atoms with van der Waals surface area (Å²) >= 11 is 0. The monoisotopic (exact) mass is 402 g/mol. The highest BCUT2D eigenvalue weighted by atomic mass is 16.7. The molecule has 1 heterocycles. The zero-order valence-electron chi connectivity index (χ0n) is 18.5. The molecule has 1 aliphatic heterocycles. The molecule has 1 saturated heterocycles. The summed E-state index contributed by atoms with van der Waals surface area (Å²) < 4.78 is 18.4. The topological polar surface area (TPSA) is 44.8 Å². The second-order valence-electron chi connectivity index (χ2n) is 11.2. The maximum Gasteiger partial charge on any atom is 0.303 e. The van der Waals surface area contributed by atoms with Gasteiger partial charge in [-0.1, -0.05) is 20.4 Å². The summed E-state index contributed by atoms with van der Waals surface area (Å²) in [7, 11) is 0. The number of hydrogen-bond acceptors (Lipinski definition) is 4. The van der Waals surface area contributed by atoms with Gasteiger partial charge in [0.1, 0.15) is 5.60 Å². The van der Waals surface area contributed by atoms with E-state index in [2.05, 4.69) is 20.4 Å². The maximum atomic E-state index is 11.7. The smallest absolute Gasteiger partial charge is 0.303 e. The molecule has 0 aromatic rings. The number of fused-ring (bicyclic) bond motifs is 6. The Morgan fingerprint density at radius 2 is 1.72 bits per heavy atom. The Bertz CT molecular complexity index is 697. The molecule has 0 unspecified atom stereocenters. The van der Waals surface area contributed by atoms with Crippen molar-refractivity contribution in [2.45, 2.75) is 89.9 Å². The Morgan fingerprint density at radius 3 is 2.41 bits per heavy atom. The molecule has 4 heteroatoms. The Hall–Kier alpha value is -0.870. The predicted molar refractivity (Wildman–Crippen MR) is 111 cm³/mol. The first kappa shape index (κ1) is 20.1. The number of hydrogen-bond donors (Lipinski definition) is 0. The third-order valence-corrected chi connectivity index (χ3v) is 10.3. The third-order valence-electron chi connectivity index (χ3n) is 10.3. The van der Waals surface area contributed by atoms with Gasteiger partial charge in [-0.15, -0.1) is 0 Å². The minimum absolute atomic E-state index is 0.172. The second-order valence-corrected chi connectivity index (χ2v) is 11.2. The van der Waals surface area contributed by atoms with Crippen molar-refractivity contribution in [1.29, 1.82) is 0 Å². The number of ether oxygens (including phenoxy) is 3. The molecule has 0 amide bonds. The van der Waals surface area contributed by atoms with Gasteiger partial charge in [0, 0.05) is 18.8 Å². The molecular formula is C25H38O4. The van der Waals surface area contributed by atoms with Crippen LogP contribution in [0.4, 0.5) is 0 Å². The summed E-state index contributed by atoms with van der Waals surface area (Å²) in [4.78, 5) is 11.7. The summed E-state index contributed by atoms with van der Waals surface area (Å²) in [5.41, 5.74) is 0.0736. The van der Waals surface area contributed by atoms with Gasteiger partial charge < -0.3 is 14.2 Å². The molecular weight excluding hydrogens is 364 g/mol. The van der Waals surface area contributed by atoms with E-state index in [0.29, 0.717) is 11.3 Å². The number of carbonyl (C=O) groups excluding carboxylic acids is 1. The van der Waals surface area contributed by atoms with Crippen LogP contribution in [0.2, 0.25) is 0 Å². The Morgan fingerprint density at radius 1 is 1.00 bits per heavy atom. The zero-order valence-corrected chi connectivity index (χ0v) is 18.5. The van der Waals surface area contributed by atoms with Gasteiger partial charge in [-0.2, -0.15) is 0 Å². The van der Waals surface area contributed by atoms with Gasteiger partial charge in [-0.25, -0.2) is 0 Å². The van der Waals surface area contributed by atoms with E-state index in [1.807, 2.05) is 6.08 Å². The van der Waals surface area contributed by atoms with E-state index in [-0.39, 0.29) is 17.2 Å². The largest absolute Gasteiger partial charge is 0.455 e. The van der Waals surface area contributed by atoms with E-state index in [1.165, 1.54) is 39.0 Å². The van der Waals surface area contributed by atoms with Gasteiger partial charge in [0.15, 0.2) is 5.79 Å². The van der Waals surface area contributed by atoms with E-state index >= 15 is 0 Å². The molecule has 162 valence electrons. The lowest BCUT2D eigenvalue weighted by atomic mass is 9.44. The highest BCUT2D eigenvalue weighted by molar-refractivity contribution is 5.66. The number of esters is 1. The first-order chi connectivity index (χ1) is 13.8. The highest BCUT2D eigenvalue weighted by Gasteiger charge is 2.67. The minimum atomic E-state index is -0.449. The molecule has 5 aliphatic rings. The summed E-state index contributed by atoms with van der Waals surface area (Å²) in [5.74, 6) is 2.41. The van der Waals surface area contributed by atoms with E-state index in [1.54, 1.807) is 0 Å². The van der Waals surface area contributed by atoms with Crippen molar-refractivity contribution in [2.24, 2.45) is 34.5 Å². The van der Waals surface area contributed by atoms with E-state index < -0.39 is 5.60 Å². The summed E-state index contributed by atoms with van der Waals surface area (Å²) in [6.45, 7) is 12.1. The molecule has 0 bridgehead atoms. The predicted octanol–water partition coefficient (Wildman–Crippen LogP) is 5.26.